The third kappa shape index (κ3) is 50.3. The molecule has 1 amide bonds. The monoisotopic (exact) mass is 950 g/mol. The third-order valence-corrected chi connectivity index (χ3v) is 13.5. The van der Waals surface area contributed by atoms with Gasteiger partial charge in [0.1, 0.15) is 13.2 Å². The Morgan fingerprint density at radius 2 is 0.909 bits per heavy atom. The summed E-state index contributed by atoms with van der Waals surface area (Å²) in [5.74, 6) is -0.201. The number of amides is 1. The van der Waals surface area contributed by atoms with Gasteiger partial charge in [0.2, 0.25) is 5.91 Å². The Labute approximate surface area is 409 Å². The molecule has 0 aromatic rings. The number of likely N-dealkylation sites (N-methyl/N-ethyl adjacent to an activating group) is 1. The van der Waals surface area contributed by atoms with E-state index in [1.54, 1.807) is 6.08 Å². The summed E-state index contributed by atoms with van der Waals surface area (Å²) in [6.45, 7) is 4.73. The van der Waals surface area contributed by atoms with Crippen LogP contribution in [0.5, 0.6) is 0 Å². The van der Waals surface area contributed by atoms with Crippen molar-refractivity contribution in [3.63, 3.8) is 0 Å². The van der Waals surface area contributed by atoms with Gasteiger partial charge in [-0.1, -0.05) is 242 Å². The number of allylic oxidation sites excluding steroid dienone is 7. The Hall–Kier alpha value is -1.54. The van der Waals surface area contributed by atoms with Crippen molar-refractivity contribution >= 4 is 13.7 Å². The number of aliphatic hydroxyl groups excluding tert-OH is 1. The molecule has 3 atom stereocenters. The van der Waals surface area contributed by atoms with E-state index in [0.717, 1.165) is 70.6 Å². The first-order valence-corrected chi connectivity index (χ1v) is 29.5. The molecule has 0 aliphatic carbocycles. The van der Waals surface area contributed by atoms with Gasteiger partial charge in [0, 0.05) is 6.42 Å². The number of unbranched alkanes of at least 4 members (excludes halogenated alkanes) is 32. The lowest BCUT2D eigenvalue weighted by Gasteiger charge is -2.25. The molecule has 0 aromatic carbocycles. The van der Waals surface area contributed by atoms with Gasteiger partial charge in [0.15, 0.2) is 0 Å². The lowest BCUT2D eigenvalue weighted by atomic mass is 10.0. The van der Waals surface area contributed by atoms with Gasteiger partial charge in [-0.05, 0) is 57.8 Å². The average Bonchev–Trinajstić information content (AvgIpc) is 3.28. The van der Waals surface area contributed by atoms with Crippen LogP contribution in [0.1, 0.15) is 258 Å². The molecule has 0 fully saturated rings. The van der Waals surface area contributed by atoms with Crippen LogP contribution < -0.4 is 5.32 Å². The second kappa shape index (κ2) is 48.5. The number of phosphoric acid groups is 1. The molecule has 0 aliphatic rings. The first-order chi connectivity index (χ1) is 32.0. The van der Waals surface area contributed by atoms with E-state index >= 15 is 0 Å². The molecule has 0 rings (SSSR count). The molecule has 388 valence electrons. The number of rotatable bonds is 51. The standard InChI is InChI=1S/C57H109N2O6P/c1-6-8-10-12-14-16-18-20-21-22-23-24-25-26-27-28-29-30-31-32-33-34-35-36-37-39-40-42-44-46-48-50-56(60)55(54-65-66(62,63)64-53-52-59(3,4)5)58-57(61)51-49-47-45-43-41-38-19-17-15-13-11-9-7-2/h11,13,17,19,40,42,48,50,55-56,60H,6-10,12,14-16,18,20-39,41,43-47,49,51-54H2,1-5H3,(H-,58,61,62,63)/p+1/b13-11-,19-17-,42-40+,50-48+. The fourth-order valence-corrected chi connectivity index (χ4v) is 8.83. The third-order valence-electron chi connectivity index (χ3n) is 12.5. The number of aliphatic hydroxyl groups is 1. The first kappa shape index (κ1) is 64.5. The van der Waals surface area contributed by atoms with E-state index in [4.69, 9.17) is 9.05 Å². The van der Waals surface area contributed by atoms with Crippen molar-refractivity contribution in [1.82, 2.24) is 5.32 Å². The molecule has 9 heteroatoms. The first-order valence-electron chi connectivity index (χ1n) is 28.0. The largest absolute Gasteiger partial charge is 0.472 e. The molecule has 0 radical (unpaired) electrons. The highest BCUT2D eigenvalue weighted by molar-refractivity contribution is 7.47. The van der Waals surface area contributed by atoms with Crippen LogP contribution in [0.25, 0.3) is 0 Å². The van der Waals surface area contributed by atoms with E-state index < -0.39 is 20.0 Å². The maximum Gasteiger partial charge on any atom is 0.472 e. The Morgan fingerprint density at radius 3 is 1.36 bits per heavy atom. The molecule has 0 aliphatic heterocycles. The van der Waals surface area contributed by atoms with E-state index in [9.17, 15) is 19.4 Å². The topological polar surface area (TPSA) is 105 Å². The van der Waals surface area contributed by atoms with Crippen molar-refractivity contribution in [3.05, 3.63) is 48.6 Å². The van der Waals surface area contributed by atoms with Gasteiger partial charge in [0.05, 0.1) is 39.9 Å². The number of phosphoric ester groups is 1. The van der Waals surface area contributed by atoms with E-state index in [1.165, 1.54) is 167 Å². The molecule has 0 spiro atoms. The number of nitrogens with one attached hydrogen (secondary N) is 1. The van der Waals surface area contributed by atoms with Crippen molar-refractivity contribution < 1.29 is 32.9 Å². The van der Waals surface area contributed by atoms with E-state index in [1.807, 2.05) is 27.2 Å². The number of nitrogens with zero attached hydrogens (tertiary/aromatic N) is 1. The van der Waals surface area contributed by atoms with Crippen LogP contribution in [0.4, 0.5) is 0 Å². The van der Waals surface area contributed by atoms with Gasteiger partial charge in [-0.15, -0.1) is 0 Å². The molecular weight excluding hydrogens is 840 g/mol. The maximum atomic E-state index is 12.9. The Kier molecular flexibility index (Phi) is 47.4. The average molecular weight is 950 g/mol. The number of quaternary nitrogens is 1. The predicted molar refractivity (Wildman–Crippen MR) is 286 cm³/mol. The van der Waals surface area contributed by atoms with Crippen molar-refractivity contribution in [2.45, 2.75) is 270 Å². The molecule has 0 saturated heterocycles. The van der Waals surface area contributed by atoms with Crippen LogP contribution in [0, 0.1) is 0 Å². The number of carbonyl (C=O) groups is 1. The SMILES string of the molecule is CCC/C=C\C/C=C\CCCCCCCC(=O)NC(COP(=O)(O)OCC[N+](C)(C)C)C(O)/C=C/CC/C=C/CCCCCCCCCCCCCCCCCCCCCCCCCCC. The zero-order valence-corrected chi connectivity index (χ0v) is 45.1. The second-order valence-corrected chi connectivity index (χ2v) is 21.8. The fourth-order valence-electron chi connectivity index (χ4n) is 8.10. The fraction of sp³-hybridized carbons (Fsp3) is 0.842. The highest BCUT2D eigenvalue weighted by Gasteiger charge is 2.27. The quantitative estimate of drug-likeness (QED) is 0.0243. The van der Waals surface area contributed by atoms with E-state index in [2.05, 4.69) is 55.6 Å². The molecule has 0 bridgehead atoms. The summed E-state index contributed by atoms with van der Waals surface area (Å²) in [4.78, 5) is 23.2. The molecule has 0 aromatic heterocycles. The zero-order valence-electron chi connectivity index (χ0n) is 44.2. The summed E-state index contributed by atoms with van der Waals surface area (Å²) in [5, 5.41) is 13.9. The Bertz CT molecular complexity index is 1210. The van der Waals surface area contributed by atoms with Crippen molar-refractivity contribution in [2.24, 2.45) is 0 Å². The normalized spacial score (nSPS) is 14.3. The number of hydrogen-bond acceptors (Lipinski definition) is 5. The van der Waals surface area contributed by atoms with Gasteiger partial charge in [-0.3, -0.25) is 13.8 Å². The lowest BCUT2D eigenvalue weighted by Crippen LogP contribution is -2.45. The van der Waals surface area contributed by atoms with E-state index in [0.29, 0.717) is 17.4 Å². The maximum absolute atomic E-state index is 12.9. The summed E-state index contributed by atoms with van der Waals surface area (Å²) in [7, 11) is 1.54. The summed E-state index contributed by atoms with van der Waals surface area (Å²) < 4.78 is 23.6. The van der Waals surface area contributed by atoms with Crippen LogP contribution in [0.15, 0.2) is 48.6 Å². The minimum atomic E-state index is -4.36. The van der Waals surface area contributed by atoms with Crippen molar-refractivity contribution in [3.8, 4) is 0 Å². The zero-order chi connectivity index (χ0) is 48.5. The molecule has 66 heavy (non-hydrogen) atoms. The van der Waals surface area contributed by atoms with Crippen LogP contribution in [-0.4, -0.2) is 73.4 Å². The molecule has 8 nitrogen and oxygen atoms in total. The van der Waals surface area contributed by atoms with E-state index in [-0.39, 0.29) is 19.1 Å². The van der Waals surface area contributed by atoms with Crippen molar-refractivity contribution in [2.75, 3.05) is 40.9 Å². The van der Waals surface area contributed by atoms with Crippen molar-refractivity contribution in [1.29, 1.82) is 0 Å². The van der Waals surface area contributed by atoms with Crippen LogP contribution >= 0.6 is 7.82 Å². The van der Waals surface area contributed by atoms with Crippen LogP contribution in [0.3, 0.4) is 0 Å². The number of carbonyl (C=O) groups excluding carboxylic acids is 1. The summed E-state index contributed by atoms with van der Waals surface area (Å²) in [5.41, 5.74) is 0. The molecular formula is C57H110N2O6P+. The summed E-state index contributed by atoms with van der Waals surface area (Å²) in [6, 6.07) is -0.871. The smallest absolute Gasteiger partial charge is 0.387 e. The molecule has 3 N–H and O–H groups in total. The van der Waals surface area contributed by atoms with Gasteiger partial charge in [0.25, 0.3) is 0 Å². The molecule has 0 saturated carbocycles. The Morgan fingerprint density at radius 1 is 0.515 bits per heavy atom. The van der Waals surface area contributed by atoms with Crippen LogP contribution in [0.2, 0.25) is 0 Å². The number of hydrogen-bond donors (Lipinski definition) is 3. The lowest BCUT2D eigenvalue weighted by molar-refractivity contribution is -0.870. The van der Waals surface area contributed by atoms with Gasteiger partial charge in [-0.25, -0.2) is 4.57 Å². The van der Waals surface area contributed by atoms with Gasteiger partial charge >= 0.3 is 7.82 Å². The van der Waals surface area contributed by atoms with Crippen LogP contribution in [-0.2, 0) is 18.4 Å². The van der Waals surface area contributed by atoms with Gasteiger partial charge in [-0.2, -0.15) is 0 Å². The summed E-state index contributed by atoms with van der Waals surface area (Å²) >= 11 is 0. The Balaban J connectivity index is 4.14. The summed E-state index contributed by atoms with van der Waals surface area (Å²) in [6.07, 6.45) is 63.8. The molecule has 0 heterocycles. The molecule has 3 unspecified atom stereocenters. The highest BCUT2D eigenvalue weighted by atomic mass is 31.2. The predicted octanol–water partition coefficient (Wildman–Crippen LogP) is 16.8. The minimum absolute atomic E-state index is 0.0522. The second-order valence-electron chi connectivity index (χ2n) is 20.3. The minimum Gasteiger partial charge on any atom is -0.387 e. The highest BCUT2D eigenvalue weighted by Crippen LogP contribution is 2.43. The van der Waals surface area contributed by atoms with Gasteiger partial charge < -0.3 is 19.8 Å².